The van der Waals surface area contributed by atoms with E-state index in [2.05, 4.69) is 5.32 Å². The fourth-order valence-electron chi connectivity index (χ4n) is 1.82. The molecule has 0 saturated carbocycles. The van der Waals surface area contributed by atoms with E-state index in [9.17, 15) is 4.79 Å². The van der Waals surface area contributed by atoms with Gasteiger partial charge in [0, 0.05) is 18.8 Å². The zero-order valence-electron chi connectivity index (χ0n) is 12.3. The molecule has 112 valence electrons. The van der Waals surface area contributed by atoms with E-state index in [4.69, 9.17) is 14.2 Å². The standard InChI is InChI=1S/C15H23NO4/c1-4-19-15(20-5-2)11-16-14(17)10-12-8-6-7-9-13(12)18-3/h6-9,15H,4-5,10-11H2,1-3H3,(H,16,17). The van der Waals surface area contributed by atoms with Crippen molar-refractivity contribution in [3.63, 3.8) is 0 Å². The summed E-state index contributed by atoms with van der Waals surface area (Å²) >= 11 is 0. The quantitative estimate of drug-likeness (QED) is 0.701. The molecule has 0 aliphatic heterocycles. The molecule has 0 fully saturated rings. The number of ether oxygens (including phenoxy) is 3. The summed E-state index contributed by atoms with van der Waals surface area (Å²) in [5.74, 6) is 0.632. The van der Waals surface area contributed by atoms with E-state index in [1.54, 1.807) is 7.11 Å². The van der Waals surface area contributed by atoms with Crippen LogP contribution in [0.1, 0.15) is 19.4 Å². The predicted octanol–water partition coefficient (Wildman–Crippen LogP) is 1.75. The van der Waals surface area contributed by atoms with E-state index < -0.39 is 6.29 Å². The van der Waals surface area contributed by atoms with Gasteiger partial charge in [0.15, 0.2) is 6.29 Å². The lowest BCUT2D eigenvalue weighted by Gasteiger charge is -2.17. The van der Waals surface area contributed by atoms with Gasteiger partial charge in [0.25, 0.3) is 0 Å². The Morgan fingerprint density at radius 1 is 1.20 bits per heavy atom. The highest BCUT2D eigenvalue weighted by Gasteiger charge is 2.12. The number of amides is 1. The number of carbonyl (C=O) groups is 1. The van der Waals surface area contributed by atoms with Crippen molar-refractivity contribution in [2.75, 3.05) is 26.9 Å². The fourth-order valence-corrected chi connectivity index (χ4v) is 1.82. The van der Waals surface area contributed by atoms with Gasteiger partial charge in [-0.1, -0.05) is 18.2 Å². The summed E-state index contributed by atoms with van der Waals surface area (Å²) in [5, 5.41) is 2.81. The second kappa shape index (κ2) is 9.34. The van der Waals surface area contributed by atoms with Gasteiger partial charge in [0.05, 0.1) is 20.1 Å². The molecule has 0 unspecified atom stereocenters. The zero-order chi connectivity index (χ0) is 14.8. The maximum Gasteiger partial charge on any atom is 0.224 e. The predicted molar refractivity (Wildman–Crippen MR) is 76.7 cm³/mol. The molecule has 1 amide bonds. The van der Waals surface area contributed by atoms with Crippen LogP contribution in [-0.2, 0) is 20.7 Å². The van der Waals surface area contributed by atoms with E-state index in [0.717, 1.165) is 5.56 Å². The minimum atomic E-state index is -0.397. The van der Waals surface area contributed by atoms with Gasteiger partial charge in [-0.25, -0.2) is 0 Å². The average Bonchev–Trinajstić information content (AvgIpc) is 2.46. The van der Waals surface area contributed by atoms with Gasteiger partial charge < -0.3 is 19.5 Å². The van der Waals surface area contributed by atoms with Crippen LogP contribution in [0.2, 0.25) is 0 Å². The highest BCUT2D eigenvalue weighted by molar-refractivity contribution is 5.79. The van der Waals surface area contributed by atoms with Crippen LogP contribution in [-0.4, -0.2) is 39.1 Å². The second-order valence-corrected chi connectivity index (χ2v) is 4.13. The molecule has 0 aliphatic rings. The fraction of sp³-hybridized carbons (Fsp3) is 0.533. The van der Waals surface area contributed by atoms with E-state index in [0.29, 0.717) is 25.5 Å². The monoisotopic (exact) mass is 281 g/mol. The first-order valence-electron chi connectivity index (χ1n) is 6.83. The number of hydrogen-bond acceptors (Lipinski definition) is 4. The van der Waals surface area contributed by atoms with Crippen LogP contribution >= 0.6 is 0 Å². The summed E-state index contributed by atoms with van der Waals surface area (Å²) in [7, 11) is 1.59. The number of nitrogens with one attached hydrogen (secondary N) is 1. The Bertz CT molecular complexity index is 403. The summed E-state index contributed by atoms with van der Waals surface area (Å²) in [6, 6.07) is 7.47. The third kappa shape index (κ3) is 5.59. The molecule has 5 heteroatoms. The molecular formula is C15H23NO4. The van der Waals surface area contributed by atoms with Crippen LogP contribution < -0.4 is 10.1 Å². The summed E-state index contributed by atoms with van der Waals surface area (Å²) in [5.41, 5.74) is 0.858. The molecule has 1 aromatic carbocycles. The van der Waals surface area contributed by atoms with Gasteiger partial charge >= 0.3 is 0 Å². The first kappa shape index (κ1) is 16.5. The number of carbonyl (C=O) groups excluding carboxylic acids is 1. The van der Waals surface area contributed by atoms with E-state index in [1.807, 2.05) is 38.1 Å². The molecule has 0 spiro atoms. The molecule has 0 saturated heterocycles. The summed E-state index contributed by atoms with van der Waals surface area (Å²) < 4.78 is 16.0. The van der Waals surface area contributed by atoms with Crippen molar-refractivity contribution in [3.8, 4) is 5.75 Å². The molecule has 0 heterocycles. The van der Waals surface area contributed by atoms with Gasteiger partial charge in [-0.15, -0.1) is 0 Å². The Hall–Kier alpha value is -1.59. The molecule has 0 atom stereocenters. The molecule has 20 heavy (non-hydrogen) atoms. The molecule has 5 nitrogen and oxygen atoms in total. The van der Waals surface area contributed by atoms with Crippen LogP contribution in [0.25, 0.3) is 0 Å². The largest absolute Gasteiger partial charge is 0.496 e. The molecule has 0 aromatic heterocycles. The van der Waals surface area contributed by atoms with Crippen molar-refractivity contribution in [2.45, 2.75) is 26.6 Å². The number of hydrogen-bond donors (Lipinski definition) is 1. The topological polar surface area (TPSA) is 56.8 Å². The molecular weight excluding hydrogens is 258 g/mol. The van der Waals surface area contributed by atoms with Gasteiger partial charge in [-0.2, -0.15) is 0 Å². The zero-order valence-corrected chi connectivity index (χ0v) is 12.3. The lowest BCUT2D eigenvalue weighted by molar-refractivity contribution is -0.140. The molecule has 1 aromatic rings. The summed E-state index contributed by atoms with van der Waals surface area (Å²) in [4.78, 5) is 11.9. The van der Waals surface area contributed by atoms with Crippen molar-refractivity contribution in [3.05, 3.63) is 29.8 Å². The Morgan fingerprint density at radius 2 is 1.85 bits per heavy atom. The average molecular weight is 281 g/mol. The van der Waals surface area contributed by atoms with Crippen molar-refractivity contribution in [2.24, 2.45) is 0 Å². The number of rotatable bonds is 9. The van der Waals surface area contributed by atoms with Crippen molar-refractivity contribution < 1.29 is 19.0 Å². The van der Waals surface area contributed by atoms with Crippen molar-refractivity contribution in [1.29, 1.82) is 0 Å². The van der Waals surface area contributed by atoms with Gasteiger partial charge in [0.2, 0.25) is 5.91 Å². The highest BCUT2D eigenvalue weighted by Crippen LogP contribution is 2.17. The second-order valence-electron chi connectivity index (χ2n) is 4.13. The Labute approximate surface area is 120 Å². The Morgan fingerprint density at radius 3 is 2.45 bits per heavy atom. The Balaban J connectivity index is 2.46. The third-order valence-corrected chi connectivity index (χ3v) is 2.71. The van der Waals surface area contributed by atoms with E-state index >= 15 is 0 Å². The van der Waals surface area contributed by atoms with E-state index in [1.165, 1.54) is 0 Å². The van der Waals surface area contributed by atoms with Crippen molar-refractivity contribution >= 4 is 5.91 Å². The SMILES string of the molecule is CCOC(CNC(=O)Cc1ccccc1OC)OCC. The van der Waals surface area contributed by atoms with Crippen LogP contribution in [0.5, 0.6) is 5.75 Å². The minimum absolute atomic E-state index is 0.0843. The van der Waals surface area contributed by atoms with Crippen LogP contribution in [0.4, 0.5) is 0 Å². The summed E-state index contributed by atoms with van der Waals surface area (Å²) in [6.07, 6.45) is -0.124. The number of para-hydroxylation sites is 1. The van der Waals surface area contributed by atoms with Crippen LogP contribution in [0.15, 0.2) is 24.3 Å². The van der Waals surface area contributed by atoms with Gasteiger partial charge in [-0.05, 0) is 19.9 Å². The summed E-state index contributed by atoms with van der Waals surface area (Å²) in [6.45, 7) is 5.22. The minimum Gasteiger partial charge on any atom is -0.496 e. The van der Waals surface area contributed by atoms with E-state index in [-0.39, 0.29) is 12.3 Å². The normalized spacial score (nSPS) is 10.6. The maximum absolute atomic E-state index is 11.9. The first-order chi connectivity index (χ1) is 9.71. The number of methoxy groups -OCH3 is 1. The smallest absolute Gasteiger partial charge is 0.224 e. The lowest BCUT2D eigenvalue weighted by Crippen LogP contribution is -2.36. The van der Waals surface area contributed by atoms with Crippen LogP contribution in [0.3, 0.4) is 0 Å². The van der Waals surface area contributed by atoms with Gasteiger partial charge in [-0.3, -0.25) is 4.79 Å². The Kier molecular flexibility index (Phi) is 7.69. The number of benzene rings is 1. The first-order valence-corrected chi connectivity index (χ1v) is 6.83. The van der Waals surface area contributed by atoms with Crippen LogP contribution in [0, 0.1) is 0 Å². The lowest BCUT2D eigenvalue weighted by atomic mass is 10.1. The van der Waals surface area contributed by atoms with Crippen molar-refractivity contribution in [1.82, 2.24) is 5.32 Å². The third-order valence-electron chi connectivity index (χ3n) is 2.71. The molecule has 0 radical (unpaired) electrons. The molecule has 1 rings (SSSR count). The molecule has 0 bridgehead atoms. The maximum atomic E-state index is 11.9. The highest BCUT2D eigenvalue weighted by atomic mass is 16.7. The molecule has 1 N–H and O–H groups in total. The molecule has 0 aliphatic carbocycles. The van der Waals surface area contributed by atoms with Gasteiger partial charge in [0.1, 0.15) is 5.75 Å².